The molecular weight excluding hydrogens is 446 g/mol. The van der Waals surface area contributed by atoms with Crippen molar-refractivity contribution >= 4 is 33.9 Å². The number of benzene rings is 3. The summed E-state index contributed by atoms with van der Waals surface area (Å²) in [6.07, 6.45) is 6.75. The molecule has 0 bridgehead atoms. The first-order valence-electron chi connectivity index (χ1n) is 13.1. The van der Waals surface area contributed by atoms with Gasteiger partial charge in [0.15, 0.2) is 0 Å². The number of carbonyl (C=O) groups is 1. The van der Waals surface area contributed by atoms with E-state index in [1.165, 1.54) is 37.7 Å². The molecule has 1 unspecified atom stereocenters. The molecule has 1 amide bonds. The van der Waals surface area contributed by atoms with Crippen LogP contribution in [0.4, 0.5) is 17.1 Å². The number of rotatable bonds is 11. The number of phenols is 1. The molecule has 1 atom stereocenters. The summed E-state index contributed by atoms with van der Waals surface area (Å²) in [4.78, 5) is 16.6. The van der Waals surface area contributed by atoms with Crippen molar-refractivity contribution in [2.45, 2.75) is 65.2 Å². The molecule has 4 N–H and O–H groups in total. The van der Waals surface area contributed by atoms with E-state index in [1.54, 1.807) is 12.1 Å². The van der Waals surface area contributed by atoms with Crippen LogP contribution in [0.25, 0.3) is 10.9 Å². The van der Waals surface area contributed by atoms with Crippen LogP contribution in [-0.2, 0) is 6.42 Å². The van der Waals surface area contributed by atoms with Gasteiger partial charge in [0.1, 0.15) is 5.75 Å². The molecule has 1 aromatic heterocycles. The van der Waals surface area contributed by atoms with Crippen LogP contribution < -0.4 is 10.6 Å². The Labute approximate surface area is 214 Å². The summed E-state index contributed by atoms with van der Waals surface area (Å²) in [6, 6.07) is 21.2. The molecule has 1 heterocycles. The molecule has 5 heteroatoms. The number of amides is 1. The summed E-state index contributed by atoms with van der Waals surface area (Å²) in [7, 11) is 0. The molecule has 0 saturated carbocycles. The first-order chi connectivity index (χ1) is 17.5. The predicted octanol–water partition coefficient (Wildman–Crippen LogP) is 8.51. The molecule has 0 aliphatic heterocycles. The van der Waals surface area contributed by atoms with Crippen LogP contribution in [0.5, 0.6) is 5.75 Å². The number of H-pyrrole nitrogens is 1. The number of hydrogen-bond donors (Lipinski definition) is 4. The Morgan fingerprint density at radius 3 is 2.42 bits per heavy atom. The first-order valence-corrected chi connectivity index (χ1v) is 13.1. The minimum atomic E-state index is -0.103. The van der Waals surface area contributed by atoms with Gasteiger partial charge in [-0.1, -0.05) is 64.3 Å². The van der Waals surface area contributed by atoms with Crippen LogP contribution in [-0.4, -0.2) is 16.0 Å². The Hall–Kier alpha value is -3.73. The van der Waals surface area contributed by atoms with Gasteiger partial charge in [0.05, 0.1) is 11.4 Å². The van der Waals surface area contributed by atoms with Crippen LogP contribution in [0.15, 0.2) is 66.7 Å². The molecule has 0 saturated heterocycles. The van der Waals surface area contributed by atoms with Crippen LogP contribution in [0.1, 0.15) is 80.4 Å². The maximum Gasteiger partial charge on any atom is 0.255 e. The average Bonchev–Trinajstić information content (AvgIpc) is 3.24. The van der Waals surface area contributed by atoms with E-state index in [1.807, 2.05) is 42.5 Å². The van der Waals surface area contributed by atoms with Crippen molar-refractivity contribution in [2.24, 2.45) is 0 Å². The van der Waals surface area contributed by atoms with Gasteiger partial charge < -0.3 is 20.7 Å². The Morgan fingerprint density at radius 2 is 1.72 bits per heavy atom. The van der Waals surface area contributed by atoms with Gasteiger partial charge in [-0.2, -0.15) is 0 Å². The smallest absolute Gasteiger partial charge is 0.255 e. The van der Waals surface area contributed by atoms with E-state index in [0.29, 0.717) is 17.2 Å². The van der Waals surface area contributed by atoms with Gasteiger partial charge in [-0.25, -0.2) is 0 Å². The minimum absolute atomic E-state index is 0.103. The maximum absolute atomic E-state index is 13.2. The van der Waals surface area contributed by atoms with Crippen molar-refractivity contribution in [3.63, 3.8) is 0 Å². The molecular formula is C31H37N3O2. The minimum Gasteiger partial charge on any atom is -0.506 e. The summed E-state index contributed by atoms with van der Waals surface area (Å²) in [5.74, 6) is 0.658. The third kappa shape index (κ3) is 5.73. The van der Waals surface area contributed by atoms with E-state index in [0.717, 1.165) is 34.4 Å². The van der Waals surface area contributed by atoms with Crippen molar-refractivity contribution in [2.75, 3.05) is 10.6 Å². The van der Waals surface area contributed by atoms with Gasteiger partial charge >= 0.3 is 0 Å². The van der Waals surface area contributed by atoms with Crippen molar-refractivity contribution < 1.29 is 9.90 Å². The normalized spacial score (nSPS) is 12.0. The van der Waals surface area contributed by atoms with Gasteiger partial charge in [-0.3, -0.25) is 4.79 Å². The lowest BCUT2D eigenvalue weighted by atomic mass is 9.89. The highest BCUT2D eigenvalue weighted by atomic mass is 16.3. The summed E-state index contributed by atoms with van der Waals surface area (Å²) in [5.41, 5.74) is 6.22. The lowest BCUT2D eigenvalue weighted by molar-refractivity contribution is 0.102. The molecule has 0 radical (unpaired) electrons. The highest BCUT2D eigenvalue weighted by Gasteiger charge is 2.16. The number of aromatic nitrogens is 1. The molecule has 0 fully saturated rings. The lowest BCUT2D eigenvalue weighted by Gasteiger charge is -2.17. The van der Waals surface area contributed by atoms with Crippen molar-refractivity contribution in [1.29, 1.82) is 0 Å². The monoisotopic (exact) mass is 483 g/mol. The van der Waals surface area contributed by atoms with E-state index >= 15 is 0 Å². The van der Waals surface area contributed by atoms with E-state index in [9.17, 15) is 9.90 Å². The zero-order chi connectivity index (χ0) is 25.5. The molecule has 0 aliphatic carbocycles. The summed E-state index contributed by atoms with van der Waals surface area (Å²) < 4.78 is 0. The molecule has 36 heavy (non-hydrogen) atoms. The molecule has 4 rings (SSSR count). The van der Waals surface area contributed by atoms with Crippen molar-refractivity contribution in [1.82, 2.24) is 4.98 Å². The third-order valence-corrected chi connectivity index (χ3v) is 6.84. The number of aryl methyl sites for hydroxylation is 1. The lowest BCUT2D eigenvalue weighted by Crippen LogP contribution is -2.13. The van der Waals surface area contributed by atoms with E-state index in [-0.39, 0.29) is 11.7 Å². The van der Waals surface area contributed by atoms with Crippen LogP contribution in [0.3, 0.4) is 0 Å². The van der Waals surface area contributed by atoms with Gasteiger partial charge in [0, 0.05) is 27.8 Å². The Kier molecular flexibility index (Phi) is 8.32. The summed E-state index contributed by atoms with van der Waals surface area (Å²) in [5, 5.41) is 17.4. The van der Waals surface area contributed by atoms with Crippen LogP contribution >= 0.6 is 0 Å². The number of fused-ring (bicyclic) bond motifs is 1. The second kappa shape index (κ2) is 11.8. The Morgan fingerprint density at radius 1 is 0.944 bits per heavy atom. The molecule has 0 spiro atoms. The number of unbranched alkanes of at least 4 members (excludes halogenated alkanes) is 1. The topological polar surface area (TPSA) is 77.2 Å². The molecule has 5 nitrogen and oxygen atoms in total. The zero-order valence-electron chi connectivity index (χ0n) is 21.5. The largest absolute Gasteiger partial charge is 0.506 e. The van der Waals surface area contributed by atoms with Gasteiger partial charge in [0.2, 0.25) is 0 Å². The Balaban J connectivity index is 1.53. The summed E-state index contributed by atoms with van der Waals surface area (Å²) >= 11 is 0. The number of hydrogen-bond acceptors (Lipinski definition) is 3. The SMILES string of the molecule is CCCCC(CCC)c1ccc(C(=O)Nc2c(CC)[nH]c3cc(Nc4ccccc4O)ccc23)cc1. The highest BCUT2D eigenvalue weighted by Crippen LogP contribution is 2.33. The highest BCUT2D eigenvalue weighted by molar-refractivity contribution is 6.10. The number of phenolic OH excluding ortho intramolecular Hbond substituents is 1. The van der Waals surface area contributed by atoms with Gasteiger partial charge in [-0.05, 0) is 73.2 Å². The molecule has 0 aliphatic rings. The summed E-state index contributed by atoms with van der Waals surface area (Å²) in [6.45, 7) is 6.54. The molecule has 188 valence electrons. The number of aromatic amines is 1. The second-order valence-electron chi connectivity index (χ2n) is 9.44. The Bertz CT molecular complexity index is 1310. The predicted molar refractivity (Wildman–Crippen MR) is 151 cm³/mol. The number of aromatic hydroxyl groups is 1. The van der Waals surface area contributed by atoms with Crippen molar-refractivity contribution in [3.8, 4) is 5.75 Å². The number of carbonyl (C=O) groups excluding carboxylic acids is 1. The quantitative estimate of drug-likeness (QED) is 0.161. The fourth-order valence-corrected chi connectivity index (χ4v) is 4.84. The number of nitrogens with one attached hydrogen (secondary N) is 3. The van der Waals surface area contributed by atoms with E-state index in [4.69, 9.17) is 0 Å². The average molecular weight is 484 g/mol. The fraction of sp³-hybridized carbons (Fsp3) is 0.323. The van der Waals surface area contributed by atoms with Crippen LogP contribution in [0, 0.1) is 0 Å². The fourth-order valence-electron chi connectivity index (χ4n) is 4.84. The molecule has 3 aromatic carbocycles. The maximum atomic E-state index is 13.2. The zero-order valence-corrected chi connectivity index (χ0v) is 21.5. The second-order valence-corrected chi connectivity index (χ2v) is 9.44. The molecule has 4 aromatic rings. The van der Waals surface area contributed by atoms with E-state index in [2.05, 4.69) is 48.5 Å². The number of para-hydroxylation sites is 2. The first kappa shape index (κ1) is 25.4. The van der Waals surface area contributed by atoms with Gasteiger partial charge in [-0.15, -0.1) is 0 Å². The van der Waals surface area contributed by atoms with Crippen LogP contribution in [0.2, 0.25) is 0 Å². The van der Waals surface area contributed by atoms with Gasteiger partial charge in [0.25, 0.3) is 5.91 Å². The van der Waals surface area contributed by atoms with E-state index < -0.39 is 0 Å². The standard InChI is InChI=1S/C31H37N3O2/c1-4-7-11-21(10-5-2)22-14-16-23(17-15-22)31(36)34-30-25-19-18-24(20-28(25)33-26(30)6-3)32-27-12-8-9-13-29(27)35/h8-9,12-21,32-33,35H,4-7,10-11H2,1-3H3,(H,34,36). The third-order valence-electron chi connectivity index (χ3n) is 6.84. The number of anilines is 3. The van der Waals surface area contributed by atoms with Crippen molar-refractivity contribution in [3.05, 3.63) is 83.6 Å².